The second-order valence-electron chi connectivity index (χ2n) is 3.16. The molecular weight excluding hydrogens is 126 g/mol. The lowest BCUT2D eigenvalue weighted by Crippen LogP contribution is -2.26. The highest BCUT2D eigenvalue weighted by Crippen LogP contribution is 2.22. The van der Waals surface area contributed by atoms with Crippen LogP contribution in [0.3, 0.4) is 0 Å². The van der Waals surface area contributed by atoms with Gasteiger partial charge in [0.25, 0.3) is 0 Å². The van der Waals surface area contributed by atoms with Crippen molar-refractivity contribution in [2.45, 2.75) is 19.8 Å². The highest BCUT2D eigenvalue weighted by molar-refractivity contribution is 4.69. The normalized spacial score (nSPS) is 24.6. The number of nitrogens with two attached hydrogens (primary N) is 1. The molecule has 0 aromatic carbocycles. The molecule has 0 amide bonds. The van der Waals surface area contributed by atoms with E-state index in [-0.39, 0.29) is 0 Å². The summed E-state index contributed by atoms with van der Waals surface area (Å²) in [5, 5.41) is 0. The molecule has 0 aromatic heterocycles. The van der Waals surface area contributed by atoms with Crippen molar-refractivity contribution in [2.75, 3.05) is 19.8 Å². The van der Waals surface area contributed by atoms with Crippen LogP contribution in [0, 0.1) is 11.8 Å². The molecule has 0 aliphatic carbocycles. The van der Waals surface area contributed by atoms with Gasteiger partial charge in [0.2, 0.25) is 0 Å². The minimum Gasteiger partial charge on any atom is -0.381 e. The molecule has 1 aliphatic heterocycles. The van der Waals surface area contributed by atoms with Gasteiger partial charge in [-0.05, 0) is 31.2 Å². The average molecular weight is 143 g/mol. The Hall–Kier alpha value is -0.0800. The summed E-state index contributed by atoms with van der Waals surface area (Å²) in [6, 6.07) is 0. The third-order valence-corrected chi connectivity index (χ3v) is 2.44. The van der Waals surface area contributed by atoms with Crippen molar-refractivity contribution in [1.29, 1.82) is 0 Å². The van der Waals surface area contributed by atoms with Crippen molar-refractivity contribution < 1.29 is 4.74 Å². The molecule has 0 saturated carbocycles. The Morgan fingerprint density at radius 2 is 2.10 bits per heavy atom. The molecule has 10 heavy (non-hydrogen) atoms. The van der Waals surface area contributed by atoms with E-state index in [1.807, 2.05) is 0 Å². The summed E-state index contributed by atoms with van der Waals surface area (Å²) in [4.78, 5) is 0. The van der Waals surface area contributed by atoms with Gasteiger partial charge in [0.1, 0.15) is 0 Å². The third kappa shape index (κ3) is 1.96. The molecule has 1 aliphatic rings. The molecular formula is C8H17NO. The van der Waals surface area contributed by atoms with Gasteiger partial charge in [0, 0.05) is 13.2 Å². The maximum atomic E-state index is 5.56. The zero-order valence-electron chi connectivity index (χ0n) is 6.68. The zero-order chi connectivity index (χ0) is 7.40. The molecule has 1 rings (SSSR count). The van der Waals surface area contributed by atoms with Crippen molar-refractivity contribution in [2.24, 2.45) is 17.6 Å². The number of rotatable bonds is 2. The molecule has 2 N–H and O–H groups in total. The largest absolute Gasteiger partial charge is 0.381 e. The summed E-state index contributed by atoms with van der Waals surface area (Å²) in [6.07, 6.45) is 2.41. The first-order valence-corrected chi connectivity index (χ1v) is 4.12. The first-order valence-electron chi connectivity index (χ1n) is 4.12. The van der Waals surface area contributed by atoms with E-state index in [9.17, 15) is 0 Å². The smallest absolute Gasteiger partial charge is 0.0468 e. The van der Waals surface area contributed by atoms with Crippen LogP contribution < -0.4 is 5.73 Å². The summed E-state index contributed by atoms with van der Waals surface area (Å²) in [5.74, 6) is 1.50. The second-order valence-corrected chi connectivity index (χ2v) is 3.16. The maximum Gasteiger partial charge on any atom is 0.0468 e. The molecule has 1 heterocycles. The Bertz CT molecular complexity index is 89.3. The first-order chi connectivity index (χ1) is 4.84. The fourth-order valence-electron chi connectivity index (χ4n) is 1.48. The van der Waals surface area contributed by atoms with Crippen LogP contribution >= 0.6 is 0 Å². The minimum absolute atomic E-state index is 0.684. The predicted octanol–water partition coefficient (Wildman–Crippen LogP) is 1.01. The Morgan fingerprint density at radius 1 is 1.50 bits per heavy atom. The van der Waals surface area contributed by atoms with Crippen LogP contribution in [0.2, 0.25) is 0 Å². The minimum atomic E-state index is 0.684. The SMILES string of the molecule is C[C@@H](CN)C1CCOCC1. The second kappa shape index (κ2) is 3.94. The van der Waals surface area contributed by atoms with Crippen LogP contribution in [0.15, 0.2) is 0 Å². The lowest BCUT2D eigenvalue weighted by atomic mass is 9.87. The van der Waals surface area contributed by atoms with Crippen LogP contribution in [0.25, 0.3) is 0 Å². The summed E-state index contributed by atoms with van der Waals surface area (Å²) < 4.78 is 5.25. The van der Waals surface area contributed by atoms with Gasteiger partial charge >= 0.3 is 0 Å². The van der Waals surface area contributed by atoms with Crippen LogP contribution in [0.5, 0.6) is 0 Å². The average Bonchev–Trinajstić information content (AvgIpc) is 2.05. The van der Waals surface area contributed by atoms with Crippen molar-refractivity contribution in [3.63, 3.8) is 0 Å². The van der Waals surface area contributed by atoms with Gasteiger partial charge in [0.05, 0.1) is 0 Å². The van der Waals surface area contributed by atoms with E-state index < -0.39 is 0 Å². The van der Waals surface area contributed by atoms with E-state index >= 15 is 0 Å². The fourth-order valence-corrected chi connectivity index (χ4v) is 1.48. The lowest BCUT2D eigenvalue weighted by Gasteiger charge is -2.26. The quantitative estimate of drug-likeness (QED) is 0.626. The Kier molecular flexibility index (Phi) is 3.16. The molecule has 1 fully saturated rings. The molecule has 1 saturated heterocycles. The van der Waals surface area contributed by atoms with Crippen LogP contribution in [-0.4, -0.2) is 19.8 Å². The van der Waals surface area contributed by atoms with Gasteiger partial charge in [0.15, 0.2) is 0 Å². The molecule has 0 aromatic rings. The van der Waals surface area contributed by atoms with Gasteiger partial charge < -0.3 is 10.5 Å². The van der Waals surface area contributed by atoms with E-state index in [0.29, 0.717) is 5.92 Å². The summed E-state index contributed by atoms with van der Waals surface area (Å²) in [6.45, 7) is 4.94. The molecule has 0 bridgehead atoms. The topological polar surface area (TPSA) is 35.2 Å². The van der Waals surface area contributed by atoms with E-state index in [1.165, 1.54) is 12.8 Å². The van der Waals surface area contributed by atoms with E-state index in [1.54, 1.807) is 0 Å². The van der Waals surface area contributed by atoms with Crippen LogP contribution in [0.4, 0.5) is 0 Å². The predicted molar refractivity (Wildman–Crippen MR) is 41.8 cm³/mol. The first kappa shape index (κ1) is 8.02. The number of ether oxygens (including phenoxy) is 1. The highest BCUT2D eigenvalue weighted by Gasteiger charge is 2.18. The van der Waals surface area contributed by atoms with E-state index in [2.05, 4.69) is 6.92 Å². The van der Waals surface area contributed by atoms with Gasteiger partial charge in [-0.15, -0.1) is 0 Å². The molecule has 2 heteroatoms. The molecule has 60 valence electrons. The van der Waals surface area contributed by atoms with Crippen molar-refractivity contribution in [3.05, 3.63) is 0 Å². The van der Waals surface area contributed by atoms with E-state index in [0.717, 1.165) is 25.7 Å². The Morgan fingerprint density at radius 3 is 2.60 bits per heavy atom. The van der Waals surface area contributed by atoms with Crippen LogP contribution in [0.1, 0.15) is 19.8 Å². The molecule has 0 unspecified atom stereocenters. The maximum absolute atomic E-state index is 5.56. The van der Waals surface area contributed by atoms with Gasteiger partial charge in [-0.25, -0.2) is 0 Å². The lowest BCUT2D eigenvalue weighted by molar-refractivity contribution is 0.0508. The fraction of sp³-hybridized carbons (Fsp3) is 1.00. The van der Waals surface area contributed by atoms with Crippen molar-refractivity contribution in [3.8, 4) is 0 Å². The van der Waals surface area contributed by atoms with Crippen LogP contribution in [-0.2, 0) is 4.74 Å². The van der Waals surface area contributed by atoms with Gasteiger partial charge in [-0.1, -0.05) is 6.92 Å². The van der Waals surface area contributed by atoms with Crippen molar-refractivity contribution >= 4 is 0 Å². The molecule has 2 nitrogen and oxygen atoms in total. The highest BCUT2D eigenvalue weighted by atomic mass is 16.5. The van der Waals surface area contributed by atoms with Crippen molar-refractivity contribution in [1.82, 2.24) is 0 Å². The summed E-state index contributed by atoms with van der Waals surface area (Å²) in [5.41, 5.74) is 5.56. The zero-order valence-corrected chi connectivity index (χ0v) is 6.68. The summed E-state index contributed by atoms with van der Waals surface area (Å²) >= 11 is 0. The standard InChI is InChI=1S/C8H17NO/c1-7(6-9)8-2-4-10-5-3-8/h7-8H,2-6,9H2,1H3/t7-/m0/s1. The molecule has 0 radical (unpaired) electrons. The summed E-state index contributed by atoms with van der Waals surface area (Å²) in [7, 11) is 0. The van der Waals surface area contributed by atoms with Gasteiger partial charge in [-0.2, -0.15) is 0 Å². The monoisotopic (exact) mass is 143 g/mol. The van der Waals surface area contributed by atoms with E-state index in [4.69, 9.17) is 10.5 Å². The van der Waals surface area contributed by atoms with Gasteiger partial charge in [-0.3, -0.25) is 0 Å². The number of hydrogen-bond donors (Lipinski definition) is 1. The molecule has 0 spiro atoms. The third-order valence-electron chi connectivity index (χ3n) is 2.44. The Balaban J connectivity index is 2.24. The molecule has 1 atom stereocenters. The number of hydrogen-bond acceptors (Lipinski definition) is 2. The Labute approximate surface area is 62.7 Å².